The smallest absolute Gasteiger partial charge is 0.272 e. The molecule has 0 radical (unpaired) electrons. The zero-order chi connectivity index (χ0) is 17.9. The molecule has 0 unspecified atom stereocenters. The van der Waals surface area contributed by atoms with E-state index in [9.17, 15) is 4.79 Å². The van der Waals surface area contributed by atoms with E-state index >= 15 is 0 Å². The van der Waals surface area contributed by atoms with Gasteiger partial charge in [-0.05, 0) is 35.9 Å². The van der Waals surface area contributed by atoms with E-state index in [1.807, 2.05) is 54.1 Å². The molecule has 1 aliphatic heterocycles. The van der Waals surface area contributed by atoms with Crippen LogP contribution in [0.1, 0.15) is 12.0 Å². The van der Waals surface area contributed by atoms with Crippen LogP contribution in [0.5, 0.6) is 11.5 Å². The lowest BCUT2D eigenvalue weighted by Gasteiger charge is -2.07. The molecular weight excluding hydrogens is 348 g/mol. The van der Waals surface area contributed by atoms with Crippen molar-refractivity contribution < 1.29 is 14.3 Å². The summed E-state index contributed by atoms with van der Waals surface area (Å²) in [6.07, 6.45) is 4.08. The summed E-state index contributed by atoms with van der Waals surface area (Å²) in [5.41, 5.74) is 1.94. The van der Waals surface area contributed by atoms with Crippen LogP contribution in [0.3, 0.4) is 0 Å². The van der Waals surface area contributed by atoms with Gasteiger partial charge in [0.05, 0.1) is 23.4 Å². The highest BCUT2D eigenvalue weighted by molar-refractivity contribution is 7.16. The van der Waals surface area contributed by atoms with E-state index in [2.05, 4.69) is 4.99 Å². The van der Waals surface area contributed by atoms with E-state index in [1.54, 1.807) is 6.08 Å². The molecule has 3 aromatic rings. The minimum Gasteiger partial charge on any atom is -0.490 e. The van der Waals surface area contributed by atoms with Crippen molar-refractivity contribution in [2.75, 3.05) is 13.2 Å². The number of amides is 1. The molecular formula is C20H18N2O3S. The van der Waals surface area contributed by atoms with E-state index in [1.165, 1.54) is 17.4 Å². The molecule has 26 heavy (non-hydrogen) atoms. The van der Waals surface area contributed by atoms with E-state index in [4.69, 9.17) is 9.47 Å². The van der Waals surface area contributed by atoms with Crippen LogP contribution < -0.4 is 14.3 Å². The summed E-state index contributed by atoms with van der Waals surface area (Å²) in [7, 11) is 1.92. The van der Waals surface area contributed by atoms with Crippen LogP contribution in [-0.2, 0) is 11.8 Å². The Morgan fingerprint density at radius 2 is 1.96 bits per heavy atom. The third kappa shape index (κ3) is 3.41. The van der Waals surface area contributed by atoms with Gasteiger partial charge >= 0.3 is 0 Å². The molecule has 2 aromatic carbocycles. The fourth-order valence-corrected chi connectivity index (χ4v) is 3.79. The molecule has 4 rings (SSSR count). The number of hydrogen-bond donors (Lipinski definition) is 0. The van der Waals surface area contributed by atoms with Gasteiger partial charge in [0.25, 0.3) is 5.91 Å². The number of carbonyl (C=O) groups excluding carboxylic acids is 1. The molecule has 2 heterocycles. The molecule has 0 aliphatic carbocycles. The number of thiazole rings is 1. The van der Waals surface area contributed by atoms with Crippen molar-refractivity contribution in [3.63, 3.8) is 0 Å². The van der Waals surface area contributed by atoms with Gasteiger partial charge in [0.2, 0.25) is 0 Å². The molecule has 1 aliphatic rings. The van der Waals surface area contributed by atoms with Gasteiger partial charge in [-0.2, -0.15) is 4.99 Å². The Kier molecular flexibility index (Phi) is 4.58. The Balaban J connectivity index is 1.57. The highest BCUT2D eigenvalue weighted by Gasteiger charge is 2.10. The number of nitrogens with zero attached hydrogens (tertiary/aromatic N) is 2. The number of hydrogen-bond acceptors (Lipinski definition) is 4. The average Bonchev–Trinajstić information content (AvgIpc) is 2.83. The first-order valence-electron chi connectivity index (χ1n) is 8.42. The van der Waals surface area contributed by atoms with Gasteiger partial charge in [-0.1, -0.05) is 29.5 Å². The van der Waals surface area contributed by atoms with Gasteiger partial charge in [-0.25, -0.2) is 0 Å². The first kappa shape index (κ1) is 16.6. The zero-order valence-corrected chi connectivity index (χ0v) is 15.2. The molecule has 0 N–H and O–H groups in total. The molecule has 0 bridgehead atoms. The number of ether oxygens (including phenoxy) is 2. The van der Waals surface area contributed by atoms with Crippen molar-refractivity contribution in [3.05, 3.63) is 58.9 Å². The van der Waals surface area contributed by atoms with E-state index in [0.29, 0.717) is 23.8 Å². The second-order valence-electron chi connectivity index (χ2n) is 5.95. The van der Waals surface area contributed by atoms with Crippen molar-refractivity contribution in [2.24, 2.45) is 12.0 Å². The molecule has 0 spiro atoms. The summed E-state index contributed by atoms with van der Waals surface area (Å²) in [5.74, 6) is 1.16. The first-order valence-corrected chi connectivity index (χ1v) is 9.23. The van der Waals surface area contributed by atoms with Crippen molar-refractivity contribution in [1.82, 2.24) is 4.57 Å². The Bertz CT molecular complexity index is 1060. The molecule has 1 amide bonds. The number of fused-ring (bicyclic) bond motifs is 2. The van der Waals surface area contributed by atoms with Gasteiger partial charge in [-0.15, -0.1) is 0 Å². The number of rotatable bonds is 2. The van der Waals surface area contributed by atoms with Crippen LogP contribution in [-0.4, -0.2) is 23.7 Å². The van der Waals surface area contributed by atoms with E-state index in [-0.39, 0.29) is 5.91 Å². The Morgan fingerprint density at radius 1 is 1.15 bits per heavy atom. The highest BCUT2D eigenvalue weighted by atomic mass is 32.1. The largest absolute Gasteiger partial charge is 0.490 e. The number of benzene rings is 2. The summed E-state index contributed by atoms with van der Waals surface area (Å²) >= 11 is 1.50. The number of aryl methyl sites for hydroxylation is 1. The van der Waals surface area contributed by atoms with Crippen LogP contribution in [0, 0.1) is 0 Å². The lowest BCUT2D eigenvalue weighted by molar-refractivity contribution is -0.113. The first-order chi connectivity index (χ1) is 12.7. The van der Waals surface area contributed by atoms with Crippen LogP contribution in [0.15, 0.2) is 53.5 Å². The Labute approximate surface area is 154 Å². The Morgan fingerprint density at radius 3 is 2.81 bits per heavy atom. The maximum absolute atomic E-state index is 12.2. The SMILES string of the molecule is Cn1c(=NC(=O)/C=C/c2ccc3c(c2)OCCCO3)sc2ccccc21. The lowest BCUT2D eigenvalue weighted by Crippen LogP contribution is -2.12. The maximum atomic E-state index is 12.2. The predicted octanol–water partition coefficient (Wildman–Crippen LogP) is 3.54. The minimum atomic E-state index is -0.292. The highest BCUT2D eigenvalue weighted by Crippen LogP contribution is 2.30. The molecule has 6 heteroatoms. The quantitative estimate of drug-likeness (QED) is 0.652. The van der Waals surface area contributed by atoms with Crippen LogP contribution >= 0.6 is 11.3 Å². The molecule has 0 fully saturated rings. The second-order valence-corrected chi connectivity index (χ2v) is 6.96. The summed E-state index contributed by atoms with van der Waals surface area (Å²) in [6, 6.07) is 13.6. The molecule has 0 saturated carbocycles. The molecule has 5 nitrogen and oxygen atoms in total. The van der Waals surface area contributed by atoms with E-state index in [0.717, 1.165) is 28.0 Å². The Hall–Kier alpha value is -2.86. The minimum absolute atomic E-state index is 0.292. The number of carbonyl (C=O) groups is 1. The summed E-state index contributed by atoms with van der Waals surface area (Å²) in [4.78, 5) is 17.1. The molecule has 0 saturated heterocycles. The molecule has 0 atom stereocenters. The van der Waals surface area contributed by atoms with Gasteiger partial charge < -0.3 is 14.0 Å². The standard InChI is InChI=1S/C20H18N2O3S/c1-22-15-5-2-3-6-18(15)26-20(22)21-19(23)10-8-14-7-9-16-17(13-14)25-12-4-11-24-16/h2-3,5-10,13H,4,11-12H2,1H3/b10-8+,21-20?. The normalized spacial score (nSPS) is 14.7. The monoisotopic (exact) mass is 366 g/mol. The number of aromatic nitrogens is 1. The average molecular weight is 366 g/mol. The van der Waals surface area contributed by atoms with Crippen LogP contribution in [0.4, 0.5) is 0 Å². The van der Waals surface area contributed by atoms with E-state index < -0.39 is 0 Å². The number of para-hydroxylation sites is 1. The summed E-state index contributed by atoms with van der Waals surface area (Å²) in [5, 5.41) is 0. The summed E-state index contributed by atoms with van der Waals surface area (Å²) in [6.45, 7) is 1.29. The van der Waals surface area contributed by atoms with Crippen molar-refractivity contribution in [2.45, 2.75) is 6.42 Å². The summed E-state index contributed by atoms with van der Waals surface area (Å²) < 4.78 is 14.3. The van der Waals surface area contributed by atoms with Gasteiger partial charge in [0.1, 0.15) is 0 Å². The second kappa shape index (κ2) is 7.17. The third-order valence-corrected chi connectivity index (χ3v) is 5.22. The zero-order valence-electron chi connectivity index (χ0n) is 14.3. The fourth-order valence-electron chi connectivity index (χ4n) is 2.77. The fraction of sp³-hybridized carbons (Fsp3) is 0.200. The third-order valence-electron chi connectivity index (χ3n) is 4.11. The van der Waals surface area contributed by atoms with Crippen molar-refractivity contribution >= 4 is 33.5 Å². The topological polar surface area (TPSA) is 52.8 Å². The lowest BCUT2D eigenvalue weighted by atomic mass is 10.2. The van der Waals surface area contributed by atoms with Crippen molar-refractivity contribution in [3.8, 4) is 11.5 Å². The van der Waals surface area contributed by atoms with Crippen LogP contribution in [0.25, 0.3) is 16.3 Å². The van der Waals surface area contributed by atoms with Crippen LogP contribution in [0.2, 0.25) is 0 Å². The maximum Gasteiger partial charge on any atom is 0.272 e. The van der Waals surface area contributed by atoms with Gasteiger partial charge in [-0.3, -0.25) is 4.79 Å². The van der Waals surface area contributed by atoms with Gasteiger partial charge in [0, 0.05) is 19.5 Å². The van der Waals surface area contributed by atoms with Crippen molar-refractivity contribution in [1.29, 1.82) is 0 Å². The molecule has 132 valence electrons. The molecule has 1 aromatic heterocycles. The van der Waals surface area contributed by atoms with Gasteiger partial charge in [0.15, 0.2) is 16.3 Å². The predicted molar refractivity (Wildman–Crippen MR) is 102 cm³/mol.